The van der Waals surface area contributed by atoms with Gasteiger partial charge in [0.05, 0.1) is 0 Å². The number of benzene rings is 2. The molecular formula is C15H10BBrI2. The molecule has 1 aliphatic carbocycles. The zero-order chi connectivity index (χ0) is 13.9. The van der Waals surface area contributed by atoms with Gasteiger partial charge in [-0.15, -0.1) is 0 Å². The number of fused-ring (bicyclic) bond motifs is 3. The minimum Gasteiger partial charge on any atom is -0.0829 e. The van der Waals surface area contributed by atoms with E-state index in [1.165, 1.54) is 25.8 Å². The van der Waals surface area contributed by atoms with E-state index < -0.39 is 0 Å². The minimum absolute atomic E-state index is 0.0406. The van der Waals surface area contributed by atoms with Crippen molar-refractivity contribution in [3.8, 4) is 11.1 Å². The number of rotatable bonds is 0. The highest BCUT2D eigenvalue weighted by Crippen LogP contribution is 2.50. The lowest BCUT2D eigenvalue weighted by Crippen LogP contribution is -2.17. The van der Waals surface area contributed by atoms with Gasteiger partial charge in [-0.2, -0.15) is 0 Å². The topological polar surface area (TPSA) is 0 Å². The Balaban J connectivity index is 2.40. The maximum absolute atomic E-state index is 6.09. The summed E-state index contributed by atoms with van der Waals surface area (Å²) >= 11 is 8.32. The van der Waals surface area contributed by atoms with Crippen molar-refractivity contribution in [2.75, 3.05) is 0 Å². The van der Waals surface area contributed by atoms with E-state index in [1.807, 2.05) is 0 Å². The third-order valence-corrected chi connectivity index (χ3v) is 7.06. The third-order valence-electron chi connectivity index (χ3n) is 3.83. The van der Waals surface area contributed by atoms with E-state index in [9.17, 15) is 0 Å². The molecular weight excluding hydrogens is 525 g/mol. The third kappa shape index (κ3) is 2.13. The van der Waals surface area contributed by atoms with E-state index in [-0.39, 0.29) is 5.41 Å². The maximum atomic E-state index is 6.09. The van der Waals surface area contributed by atoms with Crippen LogP contribution in [-0.2, 0) is 5.41 Å². The van der Waals surface area contributed by atoms with Crippen molar-refractivity contribution >= 4 is 74.4 Å². The van der Waals surface area contributed by atoms with Gasteiger partial charge in [-0.25, -0.2) is 0 Å². The fraction of sp³-hybridized carbons (Fsp3) is 0.200. The lowest BCUT2D eigenvalue weighted by molar-refractivity contribution is 0.659. The average Bonchev–Trinajstić information content (AvgIpc) is 2.52. The van der Waals surface area contributed by atoms with Crippen LogP contribution in [0.25, 0.3) is 11.1 Å². The summed E-state index contributed by atoms with van der Waals surface area (Å²) in [6, 6.07) is 8.84. The molecule has 0 nitrogen and oxygen atoms in total. The highest BCUT2D eigenvalue weighted by atomic mass is 127. The van der Waals surface area contributed by atoms with Gasteiger partial charge in [-0.05, 0) is 102 Å². The van der Waals surface area contributed by atoms with Gasteiger partial charge >= 0.3 is 0 Å². The summed E-state index contributed by atoms with van der Waals surface area (Å²) in [5.41, 5.74) is 6.23. The number of halogens is 3. The van der Waals surface area contributed by atoms with Crippen LogP contribution in [0.3, 0.4) is 0 Å². The predicted octanol–water partition coefficient (Wildman–Crippen LogP) is 4.76. The molecule has 0 unspecified atom stereocenters. The molecule has 0 N–H and O–H groups in total. The lowest BCUT2D eigenvalue weighted by atomic mass is 9.81. The van der Waals surface area contributed by atoms with Crippen molar-refractivity contribution in [1.29, 1.82) is 0 Å². The van der Waals surface area contributed by atoms with Crippen molar-refractivity contribution in [2.24, 2.45) is 0 Å². The molecule has 0 amide bonds. The fourth-order valence-electron chi connectivity index (χ4n) is 2.76. The quantitative estimate of drug-likeness (QED) is 0.338. The predicted molar refractivity (Wildman–Crippen MR) is 103 cm³/mol. The van der Waals surface area contributed by atoms with Crippen LogP contribution in [0.4, 0.5) is 0 Å². The molecule has 2 aromatic rings. The summed E-state index contributed by atoms with van der Waals surface area (Å²) in [4.78, 5) is 0. The SMILES string of the molecule is [B]c1cc2c(cc1I)C(C)(C)c1cc(I)c(Br)cc1-2. The molecule has 0 atom stereocenters. The molecule has 1 aliphatic rings. The molecule has 0 saturated heterocycles. The second kappa shape index (κ2) is 4.73. The maximum Gasteiger partial charge on any atom is 0.115 e. The normalized spacial score (nSPS) is 15.2. The molecule has 0 fully saturated rings. The van der Waals surface area contributed by atoms with Gasteiger partial charge < -0.3 is 0 Å². The molecule has 2 aromatic carbocycles. The molecule has 94 valence electrons. The van der Waals surface area contributed by atoms with Gasteiger partial charge in [0.25, 0.3) is 0 Å². The van der Waals surface area contributed by atoms with Crippen LogP contribution in [-0.4, -0.2) is 7.85 Å². The molecule has 0 saturated carbocycles. The summed E-state index contributed by atoms with van der Waals surface area (Å²) in [5.74, 6) is 0. The minimum atomic E-state index is 0.0406. The molecule has 0 heterocycles. The van der Waals surface area contributed by atoms with Gasteiger partial charge in [-0.1, -0.05) is 25.4 Å². The summed E-state index contributed by atoms with van der Waals surface area (Å²) in [6.07, 6.45) is 0. The van der Waals surface area contributed by atoms with Crippen molar-refractivity contribution in [2.45, 2.75) is 19.3 Å². The highest BCUT2D eigenvalue weighted by Gasteiger charge is 2.36. The molecule has 0 aliphatic heterocycles. The summed E-state index contributed by atoms with van der Waals surface area (Å²) < 4.78 is 3.53. The van der Waals surface area contributed by atoms with Gasteiger partial charge in [0, 0.05) is 17.0 Å². The Labute approximate surface area is 150 Å². The molecule has 4 heteroatoms. The zero-order valence-corrected chi connectivity index (χ0v) is 16.4. The van der Waals surface area contributed by atoms with E-state index in [0.717, 1.165) is 13.5 Å². The molecule has 0 bridgehead atoms. The van der Waals surface area contributed by atoms with Gasteiger partial charge in [-0.3, -0.25) is 0 Å². The van der Waals surface area contributed by atoms with Crippen molar-refractivity contribution in [3.05, 3.63) is 47.0 Å². The van der Waals surface area contributed by atoms with Crippen LogP contribution in [0.2, 0.25) is 0 Å². The highest BCUT2D eigenvalue weighted by molar-refractivity contribution is 14.1. The first-order chi connectivity index (χ1) is 8.82. The van der Waals surface area contributed by atoms with E-state index in [4.69, 9.17) is 7.85 Å². The fourth-order valence-corrected chi connectivity index (χ4v) is 4.04. The Bertz CT molecular complexity index is 648. The van der Waals surface area contributed by atoms with Gasteiger partial charge in [0.2, 0.25) is 0 Å². The summed E-state index contributed by atoms with van der Waals surface area (Å²) in [7, 11) is 6.09. The summed E-state index contributed by atoms with van der Waals surface area (Å²) in [5, 5.41) is 0. The molecule has 0 aromatic heterocycles. The van der Waals surface area contributed by atoms with Crippen LogP contribution in [0, 0.1) is 7.14 Å². The van der Waals surface area contributed by atoms with Crippen molar-refractivity contribution < 1.29 is 0 Å². The second-order valence-electron chi connectivity index (χ2n) is 5.36. The van der Waals surface area contributed by atoms with Gasteiger partial charge in [0.15, 0.2) is 0 Å². The smallest absolute Gasteiger partial charge is 0.0829 e. The Morgan fingerprint density at radius 3 is 2.11 bits per heavy atom. The van der Waals surface area contributed by atoms with E-state index >= 15 is 0 Å². The average molecular weight is 535 g/mol. The van der Waals surface area contributed by atoms with Crippen LogP contribution in [0.5, 0.6) is 0 Å². The first-order valence-corrected chi connectivity index (χ1v) is 8.87. The standard InChI is InChI=1S/C15H10BBrI2/c1-15(2)9-5-13(18)11(16)3-7(9)8-4-12(17)14(19)6-10(8)15/h3-6H,1-2H3. The first kappa shape index (κ1) is 14.4. The lowest BCUT2D eigenvalue weighted by Gasteiger charge is -2.22. The largest absolute Gasteiger partial charge is 0.115 e. The zero-order valence-electron chi connectivity index (χ0n) is 10.5. The monoisotopic (exact) mass is 534 g/mol. The van der Waals surface area contributed by atoms with Crippen molar-refractivity contribution in [1.82, 2.24) is 0 Å². The van der Waals surface area contributed by atoms with Gasteiger partial charge in [0.1, 0.15) is 7.85 Å². The summed E-state index contributed by atoms with van der Waals surface area (Å²) in [6.45, 7) is 4.57. The Kier molecular flexibility index (Phi) is 3.58. The van der Waals surface area contributed by atoms with Crippen LogP contribution in [0.15, 0.2) is 28.7 Å². The van der Waals surface area contributed by atoms with E-state index in [1.54, 1.807) is 0 Å². The first-order valence-electron chi connectivity index (χ1n) is 5.92. The van der Waals surface area contributed by atoms with Crippen molar-refractivity contribution in [3.63, 3.8) is 0 Å². The van der Waals surface area contributed by atoms with Crippen LogP contribution >= 0.6 is 61.1 Å². The molecule has 3 rings (SSSR count). The second-order valence-corrected chi connectivity index (χ2v) is 8.53. The molecule has 19 heavy (non-hydrogen) atoms. The molecule has 0 spiro atoms. The number of hydrogen-bond donors (Lipinski definition) is 0. The van der Waals surface area contributed by atoms with Crippen LogP contribution in [0.1, 0.15) is 25.0 Å². The Morgan fingerprint density at radius 2 is 1.47 bits per heavy atom. The molecule has 2 radical (unpaired) electrons. The van der Waals surface area contributed by atoms with E-state index in [2.05, 4.69) is 99.2 Å². The Hall–Kier alpha value is 0.445. The van der Waals surface area contributed by atoms with Crippen LogP contribution < -0.4 is 5.46 Å². The van der Waals surface area contributed by atoms with E-state index in [0.29, 0.717) is 0 Å². The Morgan fingerprint density at radius 1 is 0.947 bits per heavy atom. The number of hydrogen-bond acceptors (Lipinski definition) is 0.